The average molecular weight is 287 g/mol. The van der Waals surface area contributed by atoms with Crippen molar-refractivity contribution >= 4 is 11.6 Å². The zero-order chi connectivity index (χ0) is 14.3. The third-order valence-electron chi connectivity index (χ3n) is 4.35. The molecular weight excluding hydrogens is 268 g/mol. The van der Waals surface area contributed by atoms with Crippen molar-refractivity contribution in [1.29, 1.82) is 0 Å². The molecule has 0 heterocycles. The first-order chi connectivity index (χ1) is 9.56. The van der Waals surface area contributed by atoms with Crippen LogP contribution in [0.2, 0.25) is 5.02 Å². The van der Waals surface area contributed by atoms with Gasteiger partial charge >= 0.3 is 0 Å². The molecule has 1 aliphatic carbocycles. The maximum atomic E-state index is 10.6. The van der Waals surface area contributed by atoms with Crippen LogP contribution in [0.15, 0.2) is 30.3 Å². The molecule has 2 aromatic carbocycles. The maximum absolute atomic E-state index is 10.6. The molecule has 0 amide bonds. The fraction of sp³-hybridized carbons (Fsp3) is 0.333. The number of halogens is 1. The Kier molecular flexibility index (Phi) is 3.57. The minimum atomic E-state index is -0.646. The summed E-state index contributed by atoms with van der Waals surface area (Å²) in [6.45, 7) is 4.08. The second kappa shape index (κ2) is 5.23. The smallest absolute Gasteiger partial charge is 0.106 e. The third-order valence-corrected chi connectivity index (χ3v) is 4.67. The number of aliphatic hydroxyl groups is 1. The van der Waals surface area contributed by atoms with E-state index in [1.54, 1.807) is 0 Å². The van der Waals surface area contributed by atoms with Crippen molar-refractivity contribution < 1.29 is 5.11 Å². The second-order valence-corrected chi connectivity index (χ2v) is 6.15. The van der Waals surface area contributed by atoms with Gasteiger partial charge in [0.05, 0.1) is 0 Å². The highest BCUT2D eigenvalue weighted by Gasteiger charge is 2.18. The van der Waals surface area contributed by atoms with Gasteiger partial charge in [-0.15, -0.1) is 0 Å². The predicted octanol–water partition coefficient (Wildman–Crippen LogP) is 4.53. The standard InChI is InChI=1S/C18H19ClO/c1-11-8-16(17(19)9-12(11)2)18(20)15-7-6-13-4-3-5-14(13)10-15/h6-10,18,20H,3-5H2,1-2H3. The number of aliphatic hydroxyl groups excluding tert-OH is 1. The summed E-state index contributed by atoms with van der Waals surface area (Å²) < 4.78 is 0. The third kappa shape index (κ3) is 2.36. The topological polar surface area (TPSA) is 20.2 Å². The molecule has 0 fully saturated rings. The van der Waals surface area contributed by atoms with E-state index in [1.807, 2.05) is 32.0 Å². The Bertz CT molecular complexity index is 661. The predicted molar refractivity (Wildman–Crippen MR) is 83.5 cm³/mol. The van der Waals surface area contributed by atoms with Crippen LogP contribution in [0.5, 0.6) is 0 Å². The van der Waals surface area contributed by atoms with Crippen LogP contribution >= 0.6 is 11.6 Å². The highest BCUT2D eigenvalue weighted by Crippen LogP contribution is 2.33. The molecule has 20 heavy (non-hydrogen) atoms. The normalized spacial score (nSPS) is 15.2. The lowest BCUT2D eigenvalue weighted by Crippen LogP contribution is -2.03. The Morgan fingerprint density at radius 3 is 2.50 bits per heavy atom. The first-order valence-corrected chi connectivity index (χ1v) is 7.50. The molecule has 104 valence electrons. The summed E-state index contributed by atoms with van der Waals surface area (Å²) in [6, 6.07) is 10.2. The van der Waals surface area contributed by atoms with Gasteiger partial charge in [0.25, 0.3) is 0 Å². The van der Waals surface area contributed by atoms with Gasteiger partial charge in [-0.05, 0) is 67.0 Å². The first kappa shape index (κ1) is 13.7. The Morgan fingerprint density at radius 1 is 1.00 bits per heavy atom. The highest BCUT2D eigenvalue weighted by atomic mass is 35.5. The molecule has 0 radical (unpaired) electrons. The van der Waals surface area contributed by atoms with Gasteiger partial charge in [0.15, 0.2) is 0 Å². The molecule has 0 saturated carbocycles. The van der Waals surface area contributed by atoms with E-state index in [1.165, 1.54) is 17.5 Å². The molecule has 0 saturated heterocycles. The molecule has 1 aliphatic rings. The minimum Gasteiger partial charge on any atom is -0.384 e. The summed E-state index contributed by atoms with van der Waals surface area (Å²) in [6.07, 6.45) is 2.86. The lowest BCUT2D eigenvalue weighted by molar-refractivity contribution is 0.220. The molecule has 2 aromatic rings. The molecule has 1 atom stereocenters. The molecule has 0 aromatic heterocycles. The van der Waals surface area contributed by atoms with E-state index in [4.69, 9.17) is 11.6 Å². The van der Waals surface area contributed by atoms with Crippen LogP contribution in [-0.2, 0) is 12.8 Å². The quantitative estimate of drug-likeness (QED) is 0.860. The van der Waals surface area contributed by atoms with Crippen LogP contribution in [0.25, 0.3) is 0 Å². The van der Waals surface area contributed by atoms with Gasteiger partial charge in [0.2, 0.25) is 0 Å². The molecule has 1 unspecified atom stereocenters. The number of hydrogen-bond donors (Lipinski definition) is 1. The largest absolute Gasteiger partial charge is 0.384 e. The SMILES string of the molecule is Cc1cc(Cl)c(C(O)c2ccc3c(c2)CCC3)cc1C. The zero-order valence-corrected chi connectivity index (χ0v) is 12.7. The maximum Gasteiger partial charge on any atom is 0.106 e. The number of fused-ring (bicyclic) bond motifs is 1. The Balaban J connectivity index is 2.00. The van der Waals surface area contributed by atoms with Crippen LogP contribution in [-0.4, -0.2) is 5.11 Å². The van der Waals surface area contributed by atoms with Crippen molar-refractivity contribution in [3.8, 4) is 0 Å². The molecule has 2 heteroatoms. The minimum absolute atomic E-state index is 0.640. The average Bonchev–Trinajstić information content (AvgIpc) is 2.89. The zero-order valence-electron chi connectivity index (χ0n) is 11.9. The van der Waals surface area contributed by atoms with Gasteiger partial charge in [0, 0.05) is 10.6 Å². The van der Waals surface area contributed by atoms with Crippen LogP contribution < -0.4 is 0 Å². The summed E-state index contributed by atoms with van der Waals surface area (Å²) in [4.78, 5) is 0. The van der Waals surface area contributed by atoms with E-state index in [2.05, 4.69) is 12.1 Å². The van der Waals surface area contributed by atoms with E-state index in [-0.39, 0.29) is 0 Å². The highest BCUT2D eigenvalue weighted by molar-refractivity contribution is 6.31. The van der Waals surface area contributed by atoms with Gasteiger partial charge in [-0.25, -0.2) is 0 Å². The first-order valence-electron chi connectivity index (χ1n) is 7.12. The van der Waals surface area contributed by atoms with Crippen LogP contribution in [0.1, 0.15) is 45.9 Å². The van der Waals surface area contributed by atoms with Crippen molar-refractivity contribution in [3.63, 3.8) is 0 Å². The number of benzene rings is 2. The fourth-order valence-electron chi connectivity index (χ4n) is 2.95. The Morgan fingerprint density at radius 2 is 1.70 bits per heavy atom. The summed E-state index contributed by atoms with van der Waals surface area (Å²) in [5.41, 5.74) is 6.85. The van der Waals surface area contributed by atoms with Crippen LogP contribution in [0, 0.1) is 13.8 Å². The van der Waals surface area contributed by atoms with Gasteiger partial charge in [-0.2, -0.15) is 0 Å². The molecule has 1 N–H and O–H groups in total. The number of rotatable bonds is 2. The summed E-state index contributed by atoms with van der Waals surface area (Å²) in [5.74, 6) is 0. The van der Waals surface area contributed by atoms with E-state index in [0.29, 0.717) is 5.02 Å². The summed E-state index contributed by atoms with van der Waals surface area (Å²) in [7, 11) is 0. The number of aryl methyl sites for hydroxylation is 4. The molecule has 0 bridgehead atoms. The van der Waals surface area contributed by atoms with Crippen molar-refractivity contribution in [2.45, 2.75) is 39.2 Å². The molecule has 0 aliphatic heterocycles. The Labute approximate surface area is 125 Å². The van der Waals surface area contributed by atoms with Crippen LogP contribution in [0.4, 0.5) is 0 Å². The summed E-state index contributed by atoms with van der Waals surface area (Å²) >= 11 is 6.30. The fourth-order valence-corrected chi connectivity index (χ4v) is 3.28. The molecule has 3 rings (SSSR count). The van der Waals surface area contributed by atoms with Gasteiger partial charge in [0.1, 0.15) is 6.10 Å². The summed E-state index contributed by atoms with van der Waals surface area (Å²) in [5, 5.41) is 11.3. The number of hydrogen-bond acceptors (Lipinski definition) is 1. The lowest BCUT2D eigenvalue weighted by Gasteiger charge is -2.16. The van der Waals surface area contributed by atoms with Crippen molar-refractivity contribution in [1.82, 2.24) is 0 Å². The monoisotopic (exact) mass is 286 g/mol. The molecule has 1 nitrogen and oxygen atoms in total. The van der Waals surface area contributed by atoms with Crippen molar-refractivity contribution in [3.05, 3.63) is 68.7 Å². The van der Waals surface area contributed by atoms with Gasteiger partial charge < -0.3 is 5.11 Å². The second-order valence-electron chi connectivity index (χ2n) is 5.74. The van der Waals surface area contributed by atoms with E-state index in [0.717, 1.165) is 35.1 Å². The van der Waals surface area contributed by atoms with Gasteiger partial charge in [-0.1, -0.05) is 35.9 Å². The molecular formula is C18H19ClO. The van der Waals surface area contributed by atoms with E-state index < -0.39 is 6.10 Å². The molecule has 0 spiro atoms. The van der Waals surface area contributed by atoms with Crippen molar-refractivity contribution in [2.75, 3.05) is 0 Å². The van der Waals surface area contributed by atoms with E-state index >= 15 is 0 Å². The van der Waals surface area contributed by atoms with Gasteiger partial charge in [-0.3, -0.25) is 0 Å². The van der Waals surface area contributed by atoms with Crippen molar-refractivity contribution in [2.24, 2.45) is 0 Å². The van der Waals surface area contributed by atoms with E-state index in [9.17, 15) is 5.11 Å². The lowest BCUT2D eigenvalue weighted by atomic mass is 9.95. The van der Waals surface area contributed by atoms with Crippen LogP contribution in [0.3, 0.4) is 0 Å². The Hall–Kier alpha value is -1.31.